The largest absolute Gasteiger partial charge is 0.466 e. The molecule has 0 spiro atoms. The first kappa shape index (κ1) is 29.5. The summed E-state index contributed by atoms with van der Waals surface area (Å²) >= 11 is 7.03. The number of halogens is 2. The van der Waals surface area contributed by atoms with E-state index in [-0.39, 0.29) is 65.7 Å². The highest BCUT2D eigenvalue weighted by Gasteiger charge is 2.37. The van der Waals surface area contributed by atoms with E-state index < -0.39 is 34.6 Å². The second-order valence-electron chi connectivity index (χ2n) is 8.25. The van der Waals surface area contributed by atoms with Gasteiger partial charge in [0, 0.05) is 28.2 Å². The van der Waals surface area contributed by atoms with Crippen LogP contribution < -0.4 is 4.90 Å². The van der Waals surface area contributed by atoms with E-state index in [1.807, 2.05) is 6.92 Å². The summed E-state index contributed by atoms with van der Waals surface area (Å²) in [5, 5.41) is -1.15. The molecular weight excluding hydrogens is 537 g/mol. The summed E-state index contributed by atoms with van der Waals surface area (Å²) in [7, 11) is 0. The molecule has 3 rings (SSSR count). The molecule has 0 unspecified atom stereocenters. The number of hydrogen-bond acceptors (Lipinski definition) is 8. The van der Waals surface area contributed by atoms with Crippen LogP contribution in [0, 0.1) is 5.13 Å². The normalized spacial score (nSPS) is 13.3. The van der Waals surface area contributed by atoms with Gasteiger partial charge in [-0.15, -0.1) is 11.3 Å². The predicted molar refractivity (Wildman–Crippen MR) is 141 cm³/mol. The number of anilines is 1. The van der Waals surface area contributed by atoms with Crippen molar-refractivity contribution in [2.24, 2.45) is 0 Å². The average Bonchev–Trinajstić information content (AvgIpc) is 3.19. The molecule has 204 valence electrons. The zero-order chi connectivity index (χ0) is 27.7. The van der Waals surface area contributed by atoms with Crippen molar-refractivity contribution in [2.75, 3.05) is 31.3 Å². The van der Waals surface area contributed by atoms with Crippen LogP contribution in [0.15, 0.2) is 41.5 Å². The number of carbonyl (C=O) groups excluding carboxylic acids is 4. The van der Waals surface area contributed by atoms with Gasteiger partial charge in [0.25, 0.3) is 11.8 Å². The van der Waals surface area contributed by atoms with Crippen molar-refractivity contribution in [3.8, 4) is 0 Å². The fraction of sp³-hybridized carbons (Fsp3) is 0.407. The summed E-state index contributed by atoms with van der Waals surface area (Å²) in [6.45, 7) is 4.25. The van der Waals surface area contributed by atoms with Crippen molar-refractivity contribution in [1.29, 1.82) is 0 Å². The lowest BCUT2D eigenvalue weighted by Gasteiger charge is -2.25. The van der Waals surface area contributed by atoms with Crippen molar-refractivity contribution < 1.29 is 37.8 Å². The lowest BCUT2D eigenvalue weighted by atomic mass is 9.90. The van der Waals surface area contributed by atoms with E-state index in [0.717, 1.165) is 0 Å². The molecule has 0 bridgehead atoms. The summed E-state index contributed by atoms with van der Waals surface area (Å²) in [5.74, 6) is -2.99. The standard InChI is InChI=1S/C27H29ClFNO7S/c1-3-35-14-15-37-27(34)19-13-9-8-12-18(19)26(33)30(25(32)17-10-6-5-7-11-17)23-22(28)20(38-24(23)29)16-21(31)36-4-2/h5-7,10-11H,3-4,8-9,12-16H2,1-2H3. The molecule has 0 saturated carbocycles. The first-order valence-electron chi connectivity index (χ1n) is 12.3. The molecule has 8 nitrogen and oxygen atoms in total. The minimum Gasteiger partial charge on any atom is -0.466 e. The number of amides is 2. The molecule has 38 heavy (non-hydrogen) atoms. The van der Waals surface area contributed by atoms with Crippen molar-refractivity contribution in [3.63, 3.8) is 0 Å². The SMILES string of the molecule is CCOCCOC(=O)C1=C(C(=O)N(C(=O)c2ccccc2)c2c(F)sc(CC(=O)OCC)c2Cl)CCCC1. The summed E-state index contributed by atoms with van der Waals surface area (Å²) in [4.78, 5) is 53.2. The van der Waals surface area contributed by atoms with Gasteiger partial charge in [0.15, 0.2) is 0 Å². The number of nitrogens with zero attached hydrogens (tertiary/aromatic N) is 1. The molecule has 1 aromatic heterocycles. The highest BCUT2D eigenvalue weighted by atomic mass is 35.5. The lowest BCUT2D eigenvalue weighted by Crippen LogP contribution is -2.40. The quantitative estimate of drug-likeness (QED) is 0.208. The highest BCUT2D eigenvalue weighted by molar-refractivity contribution is 7.11. The number of carbonyl (C=O) groups is 4. The van der Waals surface area contributed by atoms with Crippen LogP contribution in [0.3, 0.4) is 0 Å². The first-order chi connectivity index (χ1) is 18.3. The molecule has 1 aliphatic carbocycles. The molecule has 0 aliphatic heterocycles. The third-order valence-electron chi connectivity index (χ3n) is 5.75. The third kappa shape index (κ3) is 7.06. The molecule has 0 N–H and O–H groups in total. The monoisotopic (exact) mass is 565 g/mol. The number of rotatable bonds is 11. The summed E-state index contributed by atoms with van der Waals surface area (Å²) < 4.78 is 30.8. The Bertz CT molecular complexity index is 1210. The van der Waals surface area contributed by atoms with Crippen LogP contribution in [-0.2, 0) is 35.0 Å². The fourth-order valence-electron chi connectivity index (χ4n) is 3.99. The van der Waals surface area contributed by atoms with Crippen LogP contribution >= 0.6 is 22.9 Å². The van der Waals surface area contributed by atoms with E-state index in [0.29, 0.717) is 35.7 Å². The molecule has 2 aromatic rings. The molecule has 0 saturated heterocycles. The molecule has 0 radical (unpaired) electrons. The van der Waals surface area contributed by atoms with Gasteiger partial charge in [0.1, 0.15) is 12.3 Å². The Kier molecular flexibility index (Phi) is 11.0. The summed E-state index contributed by atoms with van der Waals surface area (Å²) in [5.41, 5.74) is -0.138. The van der Waals surface area contributed by atoms with Gasteiger partial charge in [-0.2, -0.15) is 4.39 Å². The Morgan fingerprint density at radius 1 is 0.947 bits per heavy atom. The van der Waals surface area contributed by atoms with Gasteiger partial charge in [-0.05, 0) is 51.7 Å². The number of ether oxygens (including phenoxy) is 3. The molecule has 1 aliphatic rings. The van der Waals surface area contributed by atoms with Crippen LogP contribution in [0.5, 0.6) is 0 Å². The van der Waals surface area contributed by atoms with Gasteiger partial charge in [-0.25, -0.2) is 9.69 Å². The van der Waals surface area contributed by atoms with E-state index in [9.17, 15) is 19.2 Å². The van der Waals surface area contributed by atoms with Crippen molar-refractivity contribution in [3.05, 3.63) is 62.1 Å². The zero-order valence-electron chi connectivity index (χ0n) is 21.2. The maximum atomic E-state index is 15.4. The van der Waals surface area contributed by atoms with Crippen LogP contribution in [0.25, 0.3) is 0 Å². The smallest absolute Gasteiger partial charge is 0.334 e. The topological polar surface area (TPSA) is 99.2 Å². The number of imide groups is 1. The van der Waals surface area contributed by atoms with E-state index in [1.165, 1.54) is 12.1 Å². The molecule has 0 fully saturated rings. The maximum absolute atomic E-state index is 15.4. The lowest BCUT2D eigenvalue weighted by molar-refractivity contribution is -0.142. The van der Waals surface area contributed by atoms with Crippen LogP contribution in [0.2, 0.25) is 5.02 Å². The van der Waals surface area contributed by atoms with Gasteiger partial charge < -0.3 is 14.2 Å². The van der Waals surface area contributed by atoms with E-state index in [2.05, 4.69) is 0 Å². The Balaban J connectivity index is 2.06. The first-order valence-corrected chi connectivity index (χ1v) is 13.5. The molecular formula is C27H29ClFNO7S. The fourth-order valence-corrected chi connectivity index (χ4v) is 5.28. The Morgan fingerprint density at radius 3 is 2.29 bits per heavy atom. The molecule has 2 amide bonds. The second kappa shape index (κ2) is 14.2. The third-order valence-corrected chi connectivity index (χ3v) is 7.24. The van der Waals surface area contributed by atoms with E-state index >= 15 is 4.39 Å². The van der Waals surface area contributed by atoms with Gasteiger partial charge in [-0.1, -0.05) is 29.8 Å². The van der Waals surface area contributed by atoms with Crippen molar-refractivity contribution in [1.82, 2.24) is 0 Å². The Hall–Kier alpha value is -3.08. The van der Waals surface area contributed by atoms with E-state index in [1.54, 1.807) is 25.1 Å². The predicted octanol–water partition coefficient (Wildman–Crippen LogP) is 5.27. The zero-order valence-corrected chi connectivity index (χ0v) is 22.8. The van der Waals surface area contributed by atoms with Crippen molar-refractivity contribution >= 4 is 52.4 Å². The highest BCUT2D eigenvalue weighted by Crippen LogP contribution is 2.41. The van der Waals surface area contributed by atoms with Crippen molar-refractivity contribution in [2.45, 2.75) is 46.0 Å². The number of thiophene rings is 1. The molecule has 1 heterocycles. The van der Waals surface area contributed by atoms with Crippen LogP contribution in [0.1, 0.15) is 54.8 Å². The van der Waals surface area contributed by atoms with Gasteiger partial charge in [-0.3, -0.25) is 14.4 Å². The number of esters is 2. The summed E-state index contributed by atoms with van der Waals surface area (Å²) in [6.07, 6.45) is 1.40. The van der Waals surface area contributed by atoms with Crippen LogP contribution in [-0.4, -0.2) is 50.2 Å². The number of hydrogen-bond donors (Lipinski definition) is 0. The molecule has 11 heteroatoms. The van der Waals surface area contributed by atoms with Gasteiger partial charge in [0.05, 0.1) is 24.7 Å². The molecule has 0 atom stereocenters. The minimum absolute atomic E-state index is 0.00646. The minimum atomic E-state index is -0.913. The summed E-state index contributed by atoms with van der Waals surface area (Å²) in [6, 6.07) is 7.87. The Labute approximate surface area is 229 Å². The maximum Gasteiger partial charge on any atom is 0.334 e. The van der Waals surface area contributed by atoms with Crippen LogP contribution in [0.4, 0.5) is 10.1 Å². The average molecular weight is 566 g/mol. The van der Waals surface area contributed by atoms with E-state index in [4.69, 9.17) is 25.8 Å². The number of benzene rings is 1. The second-order valence-corrected chi connectivity index (χ2v) is 9.69. The van der Waals surface area contributed by atoms with Gasteiger partial charge in [0.2, 0.25) is 5.13 Å². The molecule has 1 aromatic carbocycles. The van der Waals surface area contributed by atoms with Gasteiger partial charge >= 0.3 is 11.9 Å². The Morgan fingerprint density at radius 2 is 1.63 bits per heavy atom.